The summed E-state index contributed by atoms with van der Waals surface area (Å²) in [5, 5.41) is 0. The van der Waals surface area contributed by atoms with Crippen molar-refractivity contribution in [2.75, 3.05) is 16.4 Å². The van der Waals surface area contributed by atoms with E-state index in [4.69, 9.17) is 15.9 Å². The highest BCUT2D eigenvalue weighted by Gasteiger charge is 2.30. The van der Waals surface area contributed by atoms with E-state index in [1.165, 1.54) is 12.8 Å². The Labute approximate surface area is 106 Å². The molecule has 1 heterocycles. The van der Waals surface area contributed by atoms with Crippen molar-refractivity contribution in [3.05, 3.63) is 42.4 Å². The van der Waals surface area contributed by atoms with Crippen LogP contribution in [0.1, 0.15) is 18.6 Å². The van der Waals surface area contributed by atoms with Crippen molar-refractivity contribution in [1.29, 1.82) is 0 Å². The number of hydrogen-bond acceptors (Lipinski definition) is 4. The number of benzene rings is 1. The highest BCUT2D eigenvalue weighted by molar-refractivity contribution is 5.70. The molecule has 94 valence electrons. The van der Waals surface area contributed by atoms with E-state index < -0.39 is 0 Å². The van der Waals surface area contributed by atoms with Crippen molar-refractivity contribution in [1.82, 2.24) is 0 Å². The summed E-state index contributed by atoms with van der Waals surface area (Å²) >= 11 is 0. The Kier molecular flexibility index (Phi) is 2.63. The molecule has 4 nitrogen and oxygen atoms in total. The van der Waals surface area contributed by atoms with Gasteiger partial charge in [-0.2, -0.15) is 0 Å². The Bertz CT molecular complexity index is 532. The largest absolute Gasteiger partial charge is 0.467 e. The molecule has 0 radical (unpaired) electrons. The first-order valence-electron chi connectivity index (χ1n) is 6.18. The maximum Gasteiger partial charge on any atom is 0.123 e. The number of hydrogen-bond donors (Lipinski definition) is 2. The Morgan fingerprint density at radius 2 is 2.00 bits per heavy atom. The van der Waals surface area contributed by atoms with Gasteiger partial charge in [0.05, 0.1) is 24.2 Å². The van der Waals surface area contributed by atoms with E-state index in [1.54, 1.807) is 6.26 Å². The van der Waals surface area contributed by atoms with Crippen molar-refractivity contribution < 1.29 is 4.42 Å². The zero-order valence-corrected chi connectivity index (χ0v) is 10.2. The summed E-state index contributed by atoms with van der Waals surface area (Å²) in [7, 11) is 0. The van der Waals surface area contributed by atoms with Crippen molar-refractivity contribution >= 4 is 17.1 Å². The van der Waals surface area contributed by atoms with Gasteiger partial charge < -0.3 is 20.8 Å². The minimum atomic E-state index is 0.595. The SMILES string of the molecule is Nc1ccc(N(Cc2ccco2)C2CC2)cc1N. The molecule has 0 aliphatic heterocycles. The molecule has 1 aromatic heterocycles. The predicted molar refractivity (Wildman–Crippen MR) is 73.2 cm³/mol. The zero-order chi connectivity index (χ0) is 12.5. The normalized spacial score (nSPS) is 14.7. The Morgan fingerprint density at radius 1 is 1.17 bits per heavy atom. The van der Waals surface area contributed by atoms with Gasteiger partial charge in [-0.05, 0) is 43.2 Å². The van der Waals surface area contributed by atoms with E-state index in [0.29, 0.717) is 17.4 Å². The quantitative estimate of drug-likeness (QED) is 0.810. The van der Waals surface area contributed by atoms with Gasteiger partial charge in [0.2, 0.25) is 0 Å². The van der Waals surface area contributed by atoms with E-state index in [9.17, 15) is 0 Å². The lowest BCUT2D eigenvalue weighted by Crippen LogP contribution is -2.24. The van der Waals surface area contributed by atoms with Gasteiger partial charge in [0.1, 0.15) is 5.76 Å². The summed E-state index contributed by atoms with van der Waals surface area (Å²) in [6.45, 7) is 0.779. The van der Waals surface area contributed by atoms with Crippen LogP contribution >= 0.6 is 0 Å². The van der Waals surface area contributed by atoms with Crippen molar-refractivity contribution in [2.45, 2.75) is 25.4 Å². The summed E-state index contributed by atoms with van der Waals surface area (Å²) in [5.41, 5.74) is 14.0. The Balaban J connectivity index is 1.86. The smallest absolute Gasteiger partial charge is 0.123 e. The lowest BCUT2D eigenvalue weighted by molar-refractivity contribution is 0.501. The first-order valence-corrected chi connectivity index (χ1v) is 6.18. The predicted octanol–water partition coefficient (Wildman–Crippen LogP) is 2.61. The van der Waals surface area contributed by atoms with Gasteiger partial charge in [-0.25, -0.2) is 0 Å². The average Bonchev–Trinajstić information content (AvgIpc) is 3.07. The van der Waals surface area contributed by atoms with Gasteiger partial charge in [-0.15, -0.1) is 0 Å². The topological polar surface area (TPSA) is 68.4 Å². The second-order valence-electron chi connectivity index (χ2n) is 4.75. The summed E-state index contributed by atoms with van der Waals surface area (Å²) in [4.78, 5) is 2.33. The first kappa shape index (κ1) is 11.0. The lowest BCUT2D eigenvalue weighted by atomic mass is 10.2. The minimum absolute atomic E-state index is 0.595. The van der Waals surface area contributed by atoms with Crippen LogP contribution in [0.3, 0.4) is 0 Å². The first-order chi connectivity index (χ1) is 8.74. The molecule has 0 spiro atoms. The molecule has 1 fully saturated rings. The Hall–Kier alpha value is -2.10. The fraction of sp³-hybridized carbons (Fsp3) is 0.286. The number of rotatable bonds is 4. The van der Waals surface area contributed by atoms with Crippen LogP contribution in [0, 0.1) is 0 Å². The molecule has 0 atom stereocenters. The van der Waals surface area contributed by atoms with Crippen molar-refractivity contribution in [2.24, 2.45) is 0 Å². The molecule has 1 aliphatic carbocycles. The monoisotopic (exact) mass is 243 g/mol. The molecule has 18 heavy (non-hydrogen) atoms. The van der Waals surface area contributed by atoms with E-state index in [1.807, 2.05) is 30.3 Å². The summed E-state index contributed by atoms with van der Waals surface area (Å²) in [5.74, 6) is 0.970. The molecule has 1 aromatic carbocycles. The maximum atomic E-state index is 5.88. The molecular formula is C14H17N3O. The minimum Gasteiger partial charge on any atom is -0.467 e. The van der Waals surface area contributed by atoms with Gasteiger partial charge >= 0.3 is 0 Å². The standard InChI is InChI=1S/C14H17N3O/c15-13-6-5-11(8-14(13)16)17(10-3-4-10)9-12-2-1-7-18-12/h1-2,5-8,10H,3-4,9,15-16H2. The third kappa shape index (κ3) is 2.14. The van der Waals surface area contributed by atoms with Crippen LogP contribution < -0.4 is 16.4 Å². The highest BCUT2D eigenvalue weighted by Crippen LogP contribution is 2.34. The lowest BCUT2D eigenvalue weighted by Gasteiger charge is -2.24. The number of furan rings is 1. The molecule has 4 N–H and O–H groups in total. The second-order valence-corrected chi connectivity index (χ2v) is 4.75. The van der Waals surface area contributed by atoms with Crippen molar-refractivity contribution in [3.8, 4) is 0 Å². The number of nitrogen functional groups attached to an aromatic ring is 2. The van der Waals surface area contributed by atoms with Crippen LogP contribution in [0.5, 0.6) is 0 Å². The number of nitrogens with two attached hydrogens (primary N) is 2. The molecule has 1 aliphatic rings. The molecule has 0 amide bonds. The van der Waals surface area contributed by atoms with Crippen LogP contribution in [0.4, 0.5) is 17.1 Å². The van der Waals surface area contributed by atoms with Crippen LogP contribution in [0.2, 0.25) is 0 Å². The summed E-state index contributed by atoms with van der Waals surface area (Å²) in [6, 6.07) is 10.3. The fourth-order valence-electron chi connectivity index (χ4n) is 2.13. The summed E-state index contributed by atoms with van der Waals surface area (Å²) in [6.07, 6.45) is 4.16. The van der Waals surface area contributed by atoms with Crippen LogP contribution in [-0.2, 0) is 6.54 Å². The van der Waals surface area contributed by atoms with E-state index in [0.717, 1.165) is 18.0 Å². The third-order valence-corrected chi connectivity index (χ3v) is 3.30. The van der Waals surface area contributed by atoms with E-state index in [-0.39, 0.29) is 0 Å². The van der Waals surface area contributed by atoms with E-state index >= 15 is 0 Å². The second kappa shape index (κ2) is 4.29. The number of anilines is 3. The van der Waals surface area contributed by atoms with Crippen LogP contribution in [-0.4, -0.2) is 6.04 Å². The van der Waals surface area contributed by atoms with Gasteiger partial charge in [0.25, 0.3) is 0 Å². The Morgan fingerprint density at radius 3 is 2.61 bits per heavy atom. The van der Waals surface area contributed by atoms with Gasteiger partial charge in [0, 0.05) is 11.7 Å². The van der Waals surface area contributed by atoms with E-state index in [2.05, 4.69) is 4.90 Å². The molecule has 0 bridgehead atoms. The molecule has 4 heteroatoms. The highest BCUT2D eigenvalue weighted by atomic mass is 16.3. The molecule has 0 unspecified atom stereocenters. The average molecular weight is 243 g/mol. The third-order valence-electron chi connectivity index (χ3n) is 3.30. The van der Waals surface area contributed by atoms with Gasteiger partial charge in [-0.1, -0.05) is 0 Å². The molecule has 0 saturated heterocycles. The van der Waals surface area contributed by atoms with Gasteiger partial charge in [-0.3, -0.25) is 0 Å². The van der Waals surface area contributed by atoms with Crippen LogP contribution in [0.25, 0.3) is 0 Å². The van der Waals surface area contributed by atoms with Crippen molar-refractivity contribution in [3.63, 3.8) is 0 Å². The zero-order valence-electron chi connectivity index (χ0n) is 10.2. The number of nitrogens with zero attached hydrogens (tertiary/aromatic N) is 1. The van der Waals surface area contributed by atoms with Crippen LogP contribution in [0.15, 0.2) is 41.0 Å². The fourth-order valence-corrected chi connectivity index (χ4v) is 2.13. The molecule has 3 rings (SSSR count). The van der Waals surface area contributed by atoms with Gasteiger partial charge in [0.15, 0.2) is 0 Å². The molecule has 1 saturated carbocycles. The maximum absolute atomic E-state index is 5.88. The molecule has 2 aromatic rings. The molecular weight excluding hydrogens is 226 g/mol. The summed E-state index contributed by atoms with van der Waals surface area (Å²) < 4.78 is 5.42.